The molecule has 0 amide bonds. The fourth-order valence-electron chi connectivity index (χ4n) is 2.66. The smallest absolute Gasteiger partial charge is 0.320 e. The first-order valence-corrected chi connectivity index (χ1v) is 8.62. The Balaban J connectivity index is 1.54. The Kier molecular flexibility index (Phi) is 4.59. The first-order chi connectivity index (χ1) is 13.5. The fraction of sp³-hybridized carbons (Fsp3) is 0.100. The van der Waals surface area contributed by atoms with Crippen molar-refractivity contribution >= 4 is 17.5 Å². The Labute approximate surface area is 161 Å². The zero-order valence-corrected chi connectivity index (χ0v) is 15.4. The van der Waals surface area contributed by atoms with Crippen LogP contribution >= 0.6 is 0 Å². The van der Waals surface area contributed by atoms with Gasteiger partial charge in [-0.15, -0.1) is 5.10 Å². The van der Waals surface area contributed by atoms with Gasteiger partial charge in [-0.05, 0) is 49.7 Å². The second kappa shape index (κ2) is 7.36. The molecule has 0 aliphatic carbocycles. The van der Waals surface area contributed by atoms with Crippen molar-refractivity contribution in [3.05, 3.63) is 66.0 Å². The fourth-order valence-corrected chi connectivity index (χ4v) is 2.66. The highest BCUT2D eigenvalue weighted by Crippen LogP contribution is 2.28. The van der Waals surface area contributed by atoms with Crippen molar-refractivity contribution in [3.8, 4) is 23.1 Å². The summed E-state index contributed by atoms with van der Waals surface area (Å²) in [6.45, 7) is 3.77. The van der Waals surface area contributed by atoms with Crippen LogP contribution in [0.3, 0.4) is 0 Å². The molecular weight excluding hydrogens is 356 g/mol. The minimum absolute atomic E-state index is 0.311. The average molecular weight is 374 g/mol. The van der Waals surface area contributed by atoms with E-state index in [4.69, 9.17) is 14.9 Å². The van der Waals surface area contributed by atoms with Crippen LogP contribution in [0.5, 0.6) is 11.6 Å². The van der Waals surface area contributed by atoms with Gasteiger partial charge < -0.3 is 20.2 Å². The van der Waals surface area contributed by atoms with Crippen molar-refractivity contribution in [3.63, 3.8) is 0 Å². The molecule has 0 unspecified atom stereocenters. The van der Waals surface area contributed by atoms with Gasteiger partial charge in [-0.3, -0.25) is 0 Å². The Bertz CT molecular complexity index is 1100. The molecule has 0 radical (unpaired) electrons. The van der Waals surface area contributed by atoms with Crippen molar-refractivity contribution in [2.75, 3.05) is 11.1 Å². The molecular formula is C20H18N6O2. The van der Waals surface area contributed by atoms with Gasteiger partial charge >= 0.3 is 6.01 Å². The number of hydrogen-bond donors (Lipinski definition) is 2. The standard InChI is InChI=1S/C20H18N6O2/c1-12-5-3-7-15(9-12)24-20-26-25-19(28-20)14-6-4-8-16(10-14)27-18-11-17(21)22-13(2)23-18/h3-11H,1-2H3,(H,24,26)(H2,21,22,23). The van der Waals surface area contributed by atoms with Crippen LogP contribution in [0.25, 0.3) is 11.5 Å². The first-order valence-electron chi connectivity index (χ1n) is 8.62. The van der Waals surface area contributed by atoms with Crippen LogP contribution in [0.15, 0.2) is 59.0 Å². The van der Waals surface area contributed by atoms with E-state index < -0.39 is 0 Å². The van der Waals surface area contributed by atoms with E-state index in [0.717, 1.165) is 16.8 Å². The topological polar surface area (TPSA) is 112 Å². The molecule has 0 fully saturated rings. The second-order valence-electron chi connectivity index (χ2n) is 6.22. The summed E-state index contributed by atoms with van der Waals surface area (Å²) in [6.07, 6.45) is 0. The molecule has 0 saturated heterocycles. The maximum Gasteiger partial charge on any atom is 0.320 e. The van der Waals surface area contributed by atoms with E-state index in [-0.39, 0.29) is 0 Å². The van der Waals surface area contributed by atoms with E-state index in [1.807, 2.05) is 43.3 Å². The van der Waals surface area contributed by atoms with E-state index in [1.54, 1.807) is 25.1 Å². The quantitative estimate of drug-likeness (QED) is 0.533. The number of anilines is 3. The lowest BCUT2D eigenvalue weighted by Gasteiger charge is -2.06. The number of rotatable bonds is 5. The monoisotopic (exact) mass is 374 g/mol. The molecule has 0 aliphatic heterocycles. The summed E-state index contributed by atoms with van der Waals surface area (Å²) in [5.74, 6) is 2.20. The summed E-state index contributed by atoms with van der Waals surface area (Å²) >= 11 is 0. The Morgan fingerprint density at radius 2 is 1.82 bits per heavy atom. The molecule has 2 heterocycles. The lowest BCUT2D eigenvalue weighted by Crippen LogP contribution is -1.97. The van der Waals surface area contributed by atoms with Crippen molar-refractivity contribution in [2.45, 2.75) is 13.8 Å². The molecule has 4 aromatic rings. The van der Waals surface area contributed by atoms with Crippen molar-refractivity contribution in [1.82, 2.24) is 20.2 Å². The van der Waals surface area contributed by atoms with Gasteiger partial charge in [0.25, 0.3) is 0 Å². The third kappa shape index (κ3) is 4.07. The first kappa shape index (κ1) is 17.5. The van der Waals surface area contributed by atoms with Crippen LogP contribution in [0.2, 0.25) is 0 Å². The van der Waals surface area contributed by atoms with Gasteiger partial charge in [-0.1, -0.05) is 23.3 Å². The minimum atomic E-state index is 0.311. The molecule has 3 N–H and O–H groups in total. The highest BCUT2D eigenvalue weighted by molar-refractivity contribution is 5.58. The van der Waals surface area contributed by atoms with Crippen molar-refractivity contribution in [2.24, 2.45) is 0 Å². The maximum absolute atomic E-state index is 5.78. The predicted octanol–water partition coefficient (Wildman–Crippen LogP) is 4.26. The summed E-state index contributed by atoms with van der Waals surface area (Å²) in [4.78, 5) is 8.24. The van der Waals surface area contributed by atoms with Crippen LogP contribution < -0.4 is 15.8 Å². The maximum atomic E-state index is 5.78. The number of benzene rings is 2. The van der Waals surface area contributed by atoms with E-state index in [9.17, 15) is 0 Å². The van der Waals surface area contributed by atoms with Crippen molar-refractivity contribution < 1.29 is 9.15 Å². The largest absolute Gasteiger partial charge is 0.439 e. The molecule has 8 heteroatoms. The molecule has 0 bridgehead atoms. The number of aryl methyl sites for hydroxylation is 2. The number of hydrogen-bond acceptors (Lipinski definition) is 8. The zero-order valence-electron chi connectivity index (χ0n) is 15.4. The van der Waals surface area contributed by atoms with Crippen LogP contribution in [-0.2, 0) is 0 Å². The molecule has 2 aromatic heterocycles. The van der Waals surface area contributed by atoms with E-state index in [1.165, 1.54) is 0 Å². The summed E-state index contributed by atoms with van der Waals surface area (Å²) < 4.78 is 11.5. The molecule has 28 heavy (non-hydrogen) atoms. The number of nitrogens with two attached hydrogens (primary N) is 1. The van der Waals surface area contributed by atoms with Crippen LogP contribution in [-0.4, -0.2) is 20.2 Å². The van der Waals surface area contributed by atoms with Gasteiger partial charge in [-0.2, -0.15) is 4.98 Å². The van der Waals surface area contributed by atoms with Gasteiger partial charge in [-0.25, -0.2) is 4.98 Å². The molecule has 2 aromatic carbocycles. The second-order valence-corrected chi connectivity index (χ2v) is 6.22. The van der Waals surface area contributed by atoms with Gasteiger partial charge in [0, 0.05) is 17.3 Å². The molecule has 0 atom stereocenters. The van der Waals surface area contributed by atoms with Crippen LogP contribution in [0.1, 0.15) is 11.4 Å². The van der Waals surface area contributed by atoms with Gasteiger partial charge in [0.1, 0.15) is 17.4 Å². The van der Waals surface area contributed by atoms with Crippen LogP contribution in [0.4, 0.5) is 17.5 Å². The van der Waals surface area contributed by atoms with Crippen LogP contribution in [0, 0.1) is 13.8 Å². The number of nitrogens with zero attached hydrogens (tertiary/aromatic N) is 4. The molecule has 0 aliphatic rings. The number of nitrogens with one attached hydrogen (secondary N) is 1. The number of aromatic nitrogens is 4. The molecule has 4 rings (SSSR count). The van der Waals surface area contributed by atoms with E-state index >= 15 is 0 Å². The number of ether oxygens (including phenoxy) is 1. The highest BCUT2D eigenvalue weighted by atomic mass is 16.5. The molecule has 140 valence electrons. The number of nitrogen functional groups attached to an aromatic ring is 1. The van der Waals surface area contributed by atoms with E-state index in [0.29, 0.717) is 35.2 Å². The Hall–Kier alpha value is -3.94. The minimum Gasteiger partial charge on any atom is -0.439 e. The Morgan fingerprint density at radius 3 is 2.64 bits per heavy atom. The summed E-state index contributed by atoms with van der Waals surface area (Å²) in [5, 5.41) is 11.2. The molecule has 0 saturated carbocycles. The normalized spacial score (nSPS) is 10.6. The van der Waals surface area contributed by atoms with Gasteiger partial charge in [0.15, 0.2) is 0 Å². The lowest BCUT2D eigenvalue weighted by molar-refractivity contribution is 0.460. The summed E-state index contributed by atoms with van der Waals surface area (Å²) in [7, 11) is 0. The third-order valence-corrected chi connectivity index (χ3v) is 3.83. The summed E-state index contributed by atoms with van der Waals surface area (Å²) in [5.41, 5.74) is 8.47. The molecule has 8 nitrogen and oxygen atoms in total. The molecule has 0 spiro atoms. The average Bonchev–Trinajstić information content (AvgIpc) is 3.09. The highest BCUT2D eigenvalue weighted by Gasteiger charge is 2.11. The third-order valence-electron chi connectivity index (χ3n) is 3.83. The van der Waals surface area contributed by atoms with Gasteiger partial charge in [0.05, 0.1) is 0 Å². The summed E-state index contributed by atoms with van der Waals surface area (Å²) in [6, 6.07) is 17.1. The van der Waals surface area contributed by atoms with Crippen molar-refractivity contribution in [1.29, 1.82) is 0 Å². The Morgan fingerprint density at radius 1 is 0.964 bits per heavy atom. The predicted molar refractivity (Wildman–Crippen MR) is 105 cm³/mol. The SMILES string of the molecule is Cc1cccc(Nc2nnc(-c3cccc(Oc4cc(N)nc(C)n4)c3)o2)c1. The van der Waals surface area contributed by atoms with Gasteiger partial charge in [0.2, 0.25) is 11.8 Å². The lowest BCUT2D eigenvalue weighted by atomic mass is 10.2. The zero-order chi connectivity index (χ0) is 19.5. The van der Waals surface area contributed by atoms with E-state index in [2.05, 4.69) is 25.5 Å².